The molecule has 2 aliphatic heterocycles. The second-order valence-electron chi connectivity index (χ2n) is 8.63. The summed E-state index contributed by atoms with van der Waals surface area (Å²) in [5.41, 5.74) is 1.70. The maximum absolute atomic E-state index is 13.1. The number of piperazine rings is 1. The smallest absolute Gasteiger partial charge is 0.338 e. The molecule has 0 unspecified atom stereocenters. The summed E-state index contributed by atoms with van der Waals surface area (Å²) in [6.45, 7) is 5.95. The summed E-state index contributed by atoms with van der Waals surface area (Å²) >= 11 is 6.05. The number of rotatable bonds is 6. The number of hydrogen-bond acceptors (Lipinski definition) is 6. The van der Waals surface area contributed by atoms with Crippen LogP contribution in [0, 0.1) is 0 Å². The molecule has 1 saturated heterocycles. The molecule has 186 valence electrons. The number of amides is 3. The van der Waals surface area contributed by atoms with E-state index in [2.05, 4.69) is 10.2 Å². The van der Waals surface area contributed by atoms with E-state index in [-0.39, 0.29) is 24.6 Å². The molecule has 4 rings (SSSR count). The van der Waals surface area contributed by atoms with Gasteiger partial charge in [0.1, 0.15) is 0 Å². The van der Waals surface area contributed by atoms with Crippen molar-refractivity contribution in [3.05, 3.63) is 70.3 Å². The number of furan rings is 1. The van der Waals surface area contributed by atoms with E-state index >= 15 is 0 Å². The Bertz CT molecular complexity index is 1120. The van der Waals surface area contributed by atoms with Crippen molar-refractivity contribution >= 4 is 29.5 Å². The normalized spacial score (nSPS) is 21.2. The molecular weight excluding hydrogens is 472 g/mol. The van der Waals surface area contributed by atoms with E-state index in [1.54, 1.807) is 55.3 Å². The number of carbonyl (C=O) groups is 3. The molecule has 1 fully saturated rings. The number of hydrogen-bond donors (Lipinski definition) is 1. The van der Waals surface area contributed by atoms with Crippen LogP contribution in [-0.4, -0.2) is 78.5 Å². The molecule has 3 amide bonds. The van der Waals surface area contributed by atoms with Gasteiger partial charge in [0, 0.05) is 50.0 Å². The highest BCUT2D eigenvalue weighted by atomic mass is 35.5. The van der Waals surface area contributed by atoms with E-state index in [1.165, 1.54) is 11.2 Å². The fourth-order valence-corrected chi connectivity index (χ4v) is 4.66. The lowest BCUT2D eigenvalue weighted by Gasteiger charge is -2.42. The Hall–Kier alpha value is -3.30. The molecule has 2 aliphatic rings. The summed E-state index contributed by atoms with van der Waals surface area (Å²) < 4.78 is 10.7. The summed E-state index contributed by atoms with van der Waals surface area (Å²) in [4.78, 5) is 44.2. The number of urea groups is 1. The number of nitrogens with zero attached hydrogens (tertiary/aromatic N) is 3. The molecule has 1 aromatic carbocycles. The summed E-state index contributed by atoms with van der Waals surface area (Å²) in [6.07, 6.45) is 1.48. The topological polar surface area (TPSA) is 95.3 Å². The minimum Gasteiger partial charge on any atom is -0.463 e. The zero-order valence-corrected chi connectivity index (χ0v) is 20.7. The lowest BCUT2D eigenvalue weighted by molar-refractivity contribution is -0.139. The average molecular weight is 501 g/mol. The van der Waals surface area contributed by atoms with Crippen molar-refractivity contribution in [2.45, 2.75) is 25.9 Å². The van der Waals surface area contributed by atoms with Crippen molar-refractivity contribution in [2.75, 3.05) is 39.8 Å². The maximum atomic E-state index is 13.1. The molecule has 0 bridgehead atoms. The summed E-state index contributed by atoms with van der Waals surface area (Å²) in [5, 5.41) is 3.47. The highest BCUT2D eigenvalue weighted by Gasteiger charge is 2.38. The highest BCUT2D eigenvalue weighted by Crippen LogP contribution is 2.32. The number of benzene rings is 1. The van der Waals surface area contributed by atoms with Gasteiger partial charge in [-0.05, 0) is 43.7 Å². The van der Waals surface area contributed by atoms with Gasteiger partial charge < -0.3 is 19.4 Å². The van der Waals surface area contributed by atoms with Crippen LogP contribution in [0.4, 0.5) is 4.79 Å². The fourth-order valence-electron chi connectivity index (χ4n) is 4.54. The van der Waals surface area contributed by atoms with E-state index < -0.39 is 12.0 Å². The van der Waals surface area contributed by atoms with Crippen LogP contribution < -0.4 is 5.32 Å². The Labute approximate surface area is 209 Å². The lowest BCUT2D eigenvalue weighted by atomic mass is 9.94. The number of esters is 1. The molecule has 0 radical (unpaired) electrons. The van der Waals surface area contributed by atoms with Crippen LogP contribution >= 0.6 is 11.6 Å². The predicted molar refractivity (Wildman–Crippen MR) is 130 cm³/mol. The molecule has 10 heteroatoms. The molecule has 0 saturated carbocycles. The molecule has 2 aromatic rings. The van der Waals surface area contributed by atoms with Crippen LogP contribution in [0.25, 0.3) is 0 Å². The van der Waals surface area contributed by atoms with Gasteiger partial charge in [-0.15, -0.1) is 0 Å². The van der Waals surface area contributed by atoms with Gasteiger partial charge in [0.25, 0.3) is 5.91 Å². The van der Waals surface area contributed by atoms with Gasteiger partial charge in [-0.2, -0.15) is 0 Å². The summed E-state index contributed by atoms with van der Waals surface area (Å²) in [5.74, 6) is -0.313. The molecule has 3 heterocycles. The van der Waals surface area contributed by atoms with Crippen LogP contribution in [0.1, 0.15) is 36.0 Å². The second-order valence-corrected chi connectivity index (χ2v) is 9.07. The third kappa shape index (κ3) is 5.21. The third-order valence-electron chi connectivity index (χ3n) is 6.35. The van der Waals surface area contributed by atoms with E-state index in [0.29, 0.717) is 48.2 Å². The fraction of sp³-hybridized carbons (Fsp3) is 0.400. The van der Waals surface area contributed by atoms with Crippen LogP contribution in [0.15, 0.2) is 58.3 Å². The van der Waals surface area contributed by atoms with Gasteiger partial charge in [0.2, 0.25) is 0 Å². The minimum atomic E-state index is -0.663. The Morgan fingerprint density at radius 2 is 1.94 bits per heavy atom. The first-order chi connectivity index (χ1) is 16.8. The van der Waals surface area contributed by atoms with E-state index in [9.17, 15) is 14.4 Å². The first-order valence-electron chi connectivity index (χ1n) is 11.6. The SMILES string of the molecule is CCOC(=O)C1=C(CN2CCN(C(=O)c3ccco3)[C@@H](C)C2)N(C)C(=O)N[C@H]1c1ccc(Cl)cc1. The van der Waals surface area contributed by atoms with Gasteiger partial charge in [-0.25, -0.2) is 9.59 Å². The number of halogens is 1. The Morgan fingerprint density at radius 1 is 1.20 bits per heavy atom. The molecule has 1 N–H and O–H groups in total. The Kier molecular flexibility index (Phi) is 7.47. The summed E-state index contributed by atoms with van der Waals surface area (Å²) in [7, 11) is 1.64. The van der Waals surface area contributed by atoms with Gasteiger partial charge in [0.15, 0.2) is 5.76 Å². The van der Waals surface area contributed by atoms with E-state index in [1.807, 2.05) is 6.92 Å². The van der Waals surface area contributed by atoms with Gasteiger partial charge >= 0.3 is 12.0 Å². The van der Waals surface area contributed by atoms with Crippen molar-refractivity contribution in [3.63, 3.8) is 0 Å². The molecular formula is C25H29ClN4O5. The Morgan fingerprint density at radius 3 is 2.57 bits per heavy atom. The molecule has 9 nitrogen and oxygen atoms in total. The standard InChI is InChI=1S/C25H29ClN4O5/c1-4-34-24(32)21-19(28(3)25(33)27-22(21)17-7-9-18(26)10-8-17)15-29-11-12-30(16(2)14-29)23(31)20-6-5-13-35-20/h5-10,13,16,22H,4,11-12,14-15H2,1-3H3,(H,27,33)/t16-,22-/m0/s1. The molecule has 1 aromatic heterocycles. The van der Waals surface area contributed by atoms with Crippen LogP contribution in [0.2, 0.25) is 5.02 Å². The van der Waals surface area contributed by atoms with Crippen molar-refractivity contribution in [1.82, 2.24) is 20.0 Å². The van der Waals surface area contributed by atoms with Crippen LogP contribution in [-0.2, 0) is 9.53 Å². The van der Waals surface area contributed by atoms with Crippen molar-refractivity contribution in [1.29, 1.82) is 0 Å². The van der Waals surface area contributed by atoms with Crippen molar-refractivity contribution in [3.8, 4) is 0 Å². The monoisotopic (exact) mass is 500 g/mol. The average Bonchev–Trinajstić information content (AvgIpc) is 3.37. The van der Waals surface area contributed by atoms with Crippen molar-refractivity contribution < 1.29 is 23.5 Å². The lowest BCUT2D eigenvalue weighted by Crippen LogP contribution is -2.56. The zero-order chi connectivity index (χ0) is 25.1. The van der Waals surface area contributed by atoms with E-state index in [4.69, 9.17) is 20.8 Å². The highest BCUT2D eigenvalue weighted by molar-refractivity contribution is 6.30. The Balaban J connectivity index is 1.61. The third-order valence-corrected chi connectivity index (χ3v) is 6.61. The molecule has 2 atom stereocenters. The zero-order valence-electron chi connectivity index (χ0n) is 20.0. The molecule has 35 heavy (non-hydrogen) atoms. The second kappa shape index (κ2) is 10.5. The minimum absolute atomic E-state index is 0.0808. The van der Waals surface area contributed by atoms with Gasteiger partial charge in [-0.3, -0.25) is 14.6 Å². The number of ether oxygens (including phenoxy) is 1. The summed E-state index contributed by atoms with van der Waals surface area (Å²) in [6, 6.07) is 9.32. The van der Waals surface area contributed by atoms with Gasteiger partial charge in [-0.1, -0.05) is 23.7 Å². The van der Waals surface area contributed by atoms with Crippen LogP contribution in [0.5, 0.6) is 0 Å². The number of carbonyl (C=O) groups excluding carboxylic acids is 3. The number of likely N-dealkylation sites (N-methyl/N-ethyl adjacent to an activating group) is 1. The first-order valence-corrected chi connectivity index (χ1v) is 11.9. The van der Waals surface area contributed by atoms with Crippen LogP contribution in [0.3, 0.4) is 0 Å². The molecule has 0 aliphatic carbocycles. The first kappa shape index (κ1) is 24.8. The van der Waals surface area contributed by atoms with Crippen molar-refractivity contribution in [2.24, 2.45) is 0 Å². The van der Waals surface area contributed by atoms with Gasteiger partial charge in [0.05, 0.1) is 24.5 Å². The number of nitrogens with one attached hydrogen (secondary N) is 1. The maximum Gasteiger partial charge on any atom is 0.338 e. The quantitative estimate of drug-likeness (QED) is 0.611. The predicted octanol–water partition coefficient (Wildman–Crippen LogP) is 3.29. The largest absolute Gasteiger partial charge is 0.463 e. The molecule has 0 spiro atoms. The van der Waals surface area contributed by atoms with E-state index in [0.717, 1.165) is 5.56 Å².